The monoisotopic (exact) mass is 535 g/mol. The molecule has 7 heteroatoms. The molecule has 0 radical (unpaired) electrons. The molecule has 0 bridgehead atoms. The maximum atomic E-state index is 13.4. The highest BCUT2D eigenvalue weighted by Gasteiger charge is 2.17. The van der Waals surface area contributed by atoms with Gasteiger partial charge in [-0.15, -0.1) is 11.8 Å². The summed E-state index contributed by atoms with van der Waals surface area (Å²) in [5.41, 5.74) is 3.64. The van der Waals surface area contributed by atoms with Gasteiger partial charge in [0.1, 0.15) is 5.70 Å². The zero-order valence-electron chi connectivity index (χ0n) is 21.7. The lowest BCUT2D eigenvalue weighted by Gasteiger charge is -2.14. The van der Waals surface area contributed by atoms with E-state index in [1.165, 1.54) is 11.8 Å². The normalized spacial score (nSPS) is 11.8. The summed E-state index contributed by atoms with van der Waals surface area (Å²) in [6.45, 7) is 3.77. The van der Waals surface area contributed by atoms with Gasteiger partial charge in [-0.3, -0.25) is 14.4 Å². The maximum Gasteiger partial charge on any atom is 0.272 e. The van der Waals surface area contributed by atoms with Crippen molar-refractivity contribution in [1.29, 1.82) is 0 Å². The molecule has 3 amide bonds. The number of hydrogen-bond acceptors (Lipinski definition) is 4. The van der Waals surface area contributed by atoms with Gasteiger partial charge in [0.15, 0.2) is 0 Å². The van der Waals surface area contributed by atoms with Crippen LogP contribution in [0, 0.1) is 6.92 Å². The predicted molar refractivity (Wildman–Crippen MR) is 159 cm³/mol. The van der Waals surface area contributed by atoms with Crippen LogP contribution in [0.15, 0.2) is 120 Å². The first-order valence-electron chi connectivity index (χ1n) is 12.5. The van der Waals surface area contributed by atoms with Gasteiger partial charge in [0.25, 0.3) is 11.8 Å². The van der Waals surface area contributed by atoms with Gasteiger partial charge in [-0.25, -0.2) is 0 Å². The van der Waals surface area contributed by atoms with Crippen LogP contribution in [0.25, 0.3) is 6.08 Å². The van der Waals surface area contributed by atoms with Crippen LogP contribution < -0.4 is 16.0 Å². The van der Waals surface area contributed by atoms with Crippen LogP contribution >= 0.6 is 11.8 Å². The largest absolute Gasteiger partial charge is 0.325 e. The van der Waals surface area contributed by atoms with Crippen LogP contribution in [0.4, 0.5) is 11.4 Å². The van der Waals surface area contributed by atoms with E-state index >= 15 is 0 Å². The Morgan fingerprint density at radius 1 is 0.744 bits per heavy atom. The second-order valence-electron chi connectivity index (χ2n) is 8.83. The first kappa shape index (κ1) is 27.4. The molecular formula is C32H29N3O3S. The highest BCUT2D eigenvalue weighted by molar-refractivity contribution is 8.00. The molecule has 0 saturated heterocycles. The van der Waals surface area contributed by atoms with E-state index in [-0.39, 0.29) is 22.8 Å². The number of aryl methyl sites for hydroxylation is 1. The molecule has 0 aliphatic rings. The molecule has 0 aromatic heterocycles. The van der Waals surface area contributed by atoms with E-state index in [9.17, 15) is 14.4 Å². The quantitative estimate of drug-likeness (QED) is 0.168. The minimum Gasteiger partial charge on any atom is -0.325 e. The van der Waals surface area contributed by atoms with Gasteiger partial charge in [0, 0.05) is 21.8 Å². The average Bonchev–Trinajstić information content (AvgIpc) is 2.95. The fourth-order valence-corrected chi connectivity index (χ4v) is 4.64. The van der Waals surface area contributed by atoms with Crippen LogP contribution in [0.2, 0.25) is 0 Å². The summed E-state index contributed by atoms with van der Waals surface area (Å²) in [7, 11) is 0. The minimum atomic E-state index is -0.459. The van der Waals surface area contributed by atoms with Crippen molar-refractivity contribution in [1.82, 2.24) is 5.32 Å². The second kappa shape index (κ2) is 13.3. The molecule has 1 atom stereocenters. The number of anilines is 2. The number of carbonyl (C=O) groups is 3. The molecule has 0 aliphatic heterocycles. The Hall–Kier alpha value is -4.62. The number of rotatable bonds is 9. The summed E-state index contributed by atoms with van der Waals surface area (Å²) < 4.78 is 0. The van der Waals surface area contributed by atoms with E-state index in [2.05, 4.69) is 16.0 Å². The fraction of sp³-hybridized carbons (Fsp3) is 0.0938. The lowest BCUT2D eigenvalue weighted by atomic mass is 10.1. The zero-order valence-corrected chi connectivity index (χ0v) is 22.5. The summed E-state index contributed by atoms with van der Waals surface area (Å²) in [6, 6.07) is 32.9. The van der Waals surface area contributed by atoms with Crippen molar-refractivity contribution >= 4 is 46.9 Å². The van der Waals surface area contributed by atoms with Crippen LogP contribution in [0.3, 0.4) is 0 Å². The molecule has 39 heavy (non-hydrogen) atoms. The van der Waals surface area contributed by atoms with E-state index in [1.807, 2.05) is 86.6 Å². The number of para-hydroxylation sites is 1. The zero-order chi connectivity index (χ0) is 27.6. The third-order valence-corrected chi connectivity index (χ3v) is 6.93. The number of hydrogen-bond donors (Lipinski definition) is 3. The van der Waals surface area contributed by atoms with E-state index in [1.54, 1.807) is 42.5 Å². The maximum absolute atomic E-state index is 13.4. The Bertz CT molecular complexity index is 1490. The average molecular weight is 536 g/mol. The number of amides is 3. The summed E-state index contributed by atoms with van der Waals surface area (Å²) in [6.07, 6.45) is 1.67. The number of carbonyl (C=O) groups excluding carboxylic acids is 3. The number of thioether (sulfide) groups is 1. The summed E-state index contributed by atoms with van der Waals surface area (Å²) in [5, 5.41) is 8.19. The first-order chi connectivity index (χ1) is 18.9. The number of nitrogens with one attached hydrogen (secondary N) is 3. The molecule has 0 heterocycles. The van der Waals surface area contributed by atoms with Crippen molar-refractivity contribution in [2.75, 3.05) is 10.6 Å². The van der Waals surface area contributed by atoms with Crippen molar-refractivity contribution in [3.05, 3.63) is 132 Å². The molecule has 0 saturated carbocycles. The lowest BCUT2D eigenvalue weighted by molar-refractivity contribution is -0.115. The van der Waals surface area contributed by atoms with Gasteiger partial charge >= 0.3 is 0 Å². The molecule has 4 rings (SSSR count). The summed E-state index contributed by atoms with van der Waals surface area (Å²) in [4.78, 5) is 39.7. The van der Waals surface area contributed by atoms with Crippen molar-refractivity contribution in [3.8, 4) is 0 Å². The SMILES string of the molecule is Cc1ccccc1/C=C(\NC(=O)c1ccccc1)C(=O)Nc1cccc(SC(C)C(=O)Nc2ccccc2)c1. The molecule has 3 N–H and O–H groups in total. The molecule has 6 nitrogen and oxygen atoms in total. The third-order valence-electron chi connectivity index (χ3n) is 5.83. The van der Waals surface area contributed by atoms with Crippen LogP contribution in [-0.4, -0.2) is 23.0 Å². The fourth-order valence-electron chi connectivity index (χ4n) is 3.72. The molecule has 196 valence electrons. The van der Waals surface area contributed by atoms with Crippen molar-refractivity contribution in [2.45, 2.75) is 24.0 Å². The predicted octanol–water partition coefficient (Wildman–Crippen LogP) is 6.52. The molecule has 0 aliphatic carbocycles. The standard InChI is InChI=1S/C32H29N3O3S/c1-22-12-9-10-15-25(22)20-29(35-31(37)24-13-5-3-6-14-24)32(38)34-27-18-11-19-28(21-27)39-23(2)30(36)33-26-16-7-4-8-17-26/h3-21,23H,1-2H3,(H,33,36)(H,34,38)(H,35,37)/b29-20-. The molecule has 1 unspecified atom stereocenters. The van der Waals surface area contributed by atoms with E-state index in [0.717, 1.165) is 21.7 Å². The van der Waals surface area contributed by atoms with E-state index in [0.29, 0.717) is 11.3 Å². The Kier molecular flexibility index (Phi) is 9.32. The Balaban J connectivity index is 1.49. The summed E-state index contributed by atoms with van der Waals surface area (Å²) >= 11 is 1.39. The van der Waals surface area contributed by atoms with Gasteiger partial charge in [-0.05, 0) is 73.5 Å². The molecular weight excluding hydrogens is 506 g/mol. The van der Waals surface area contributed by atoms with Gasteiger partial charge in [-0.2, -0.15) is 0 Å². The molecule has 0 fully saturated rings. The topological polar surface area (TPSA) is 87.3 Å². The van der Waals surface area contributed by atoms with Crippen LogP contribution in [-0.2, 0) is 9.59 Å². The number of benzene rings is 4. The van der Waals surface area contributed by atoms with Crippen molar-refractivity contribution < 1.29 is 14.4 Å². The lowest BCUT2D eigenvalue weighted by Crippen LogP contribution is -2.30. The highest BCUT2D eigenvalue weighted by Crippen LogP contribution is 2.27. The van der Waals surface area contributed by atoms with Crippen LogP contribution in [0.5, 0.6) is 0 Å². The Labute approximate surface area is 232 Å². The van der Waals surface area contributed by atoms with Gasteiger partial charge in [0.2, 0.25) is 5.91 Å². The van der Waals surface area contributed by atoms with Crippen molar-refractivity contribution in [2.24, 2.45) is 0 Å². The van der Waals surface area contributed by atoms with E-state index < -0.39 is 5.91 Å². The van der Waals surface area contributed by atoms with E-state index in [4.69, 9.17) is 0 Å². The smallest absolute Gasteiger partial charge is 0.272 e. The summed E-state index contributed by atoms with van der Waals surface area (Å²) in [5.74, 6) is -0.958. The molecule has 4 aromatic rings. The Morgan fingerprint density at radius 3 is 2.10 bits per heavy atom. The van der Waals surface area contributed by atoms with Gasteiger partial charge in [0.05, 0.1) is 5.25 Å². The highest BCUT2D eigenvalue weighted by atomic mass is 32.2. The van der Waals surface area contributed by atoms with Crippen LogP contribution in [0.1, 0.15) is 28.4 Å². The third kappa shape index (κ3) is 7.93. The molecule has 4 aromatic carbocycles. The molecule has 0 spiro atoms. The first-order valence-corrected chi connectivity index (χ1v) is 13.3. The van der Waals surface area contributed by atoms with Gasteiger partial charge in [-0.1, -0.05) is 66.7 Å². The minimum absolute atomic E-state index is 0.117. The van der Waals surface area contributed by atoms with Gasteiger partial charge < -0.3 is 16.0 Å². The Morgan fingerprint density at radius 2 is 1.38 bits per heavy atom. The van der Waals surface area contributed by atoms with Crippen molar-refractivity contribution in [3.63, 3.8) is 0 Å². The second-order valence-corrected chi connectivity index (χ2v) is 10.2.